The summed E-state index contributed by atoms with van der Waals surface area (Å²) in [6.45, 7) is 1.46. The Morgan fingerprint density at radius 3 is 2.68 bits per heavy atom. The van der Waals surface area contributed by atoms with Crippen molar-refractivity contribution in [3.63, 3.8) is 0 Å². The second kappa shape index (κ2) is 5.43. The molecule has 9 heteroatoms. The quantitative estimate of drug-likeness (QED) is 0.841. The maximum absolute atomic E-state index is 12.1. The summed E-state index contributed by atoms with van der Waals surface area (Å²) in [6, 6.07) is 2.27. The lowest BCUT2D eigenvalue weighted by molar-refractivity contribution is -0.276. The molecule has 0 aromatic carbocycles. The molecular formula is C10H8F3N3O3. The number of nitrogen functional groups attached to an aromatic ring is 1. The van der Waals surface area contributed by atoms with Gasteiger partial charge in [-0.3, -0.25) is 0 Å². The van der Waals surface area contributed by atoms with Crippen LogP contribution in [0.15, 0.2) is 6.07 Å². The zero-order chi connectivity index (χ0) is 14.6. The lowest BCUT2D eigenvalue weighted by atomic mass is 10.1. The summed E-state index contributed by atoms with van der Waals surface area (Å²) in [6.07, 6.45) is -4.99. The molecule has 0 amide bonds. The molecule has 1 rings (SSSR count). The van der Waals surface area contributed by atoms with Gasteiger partial charge in [0, 0.05) is 6.07 Å². The molecule has 102 valence electrons. The minimum atomic E-state index is -4.99. The van der Waals surface area contributed by atoms with Crippen molar-refractivity contribution >= 4 is 11.7 Å². The van der Waals surface area contributed by atoms with Crippen LogP contribution in [0.1, 0.15) is 23.0 Å². The van der Waals surface area contributed by atoms with E-state index < -0.39 is 23.9 Å². The molecule has 19 heavy (non-hydrogen) atoms. The Balaban J connectivity index is 3.27. The van der Waals surface area contributed by atoms with Crippen molar-refractivity contribution in [1.82, 2.24) is 4.98 Å². The Labute approximate surface area is 105 Å². The molecule has 0 atom stereocenters. The number of esters is 1. The summed E-state index contributed by atoms with van der Waals surface area (Å²) in [4.78, 5) is 14.8. The van der Waals surface area contributed by atoms with Crippen molar-refractivity contribution in [3.8, 4) is 11.9 Å². The highest BCUT2D eigenvalue weighted by Gasteiger charge is 2.33. The van der Waals surface area contributed by atoms with Crippen LogP contribution >= 0.6 is 0 Å². The highest BCUT2D eigenvalue weighted by molar-refractivity contribution is 5.92. The Morgan fingerprint density at radius 2 is 2.21 bits per heavy atom. The predicted octanol–water partition coefficient (Wildman–Crippen LogP) is 1.61. The van der Waals surface area contributed by atoms with Gasteiger partial charge in [-0.15, -0.1) is 13.2 Å². The smallest absolute Gasteiger partial charge is 0.461 e. The number of halogens is 3. The monoisotopic (exact) mass is 275 g/mol. The van der Waals surface area contributed by atoms with Crippen LogP contribution in [0.25, 0.3) is 0 Å². The van der Waals surface area contributed by atoms with Gasteiger partial charge in [-0.2, -0.15) is 5.26 Å². The number of hydrogen-bond donors (Lipinski definition) is 1. The number of alkyl halides is 3. The number of anilines is 1. The number of aromatic nitrogens is 1. The van der Waals surface area contributed by atoms with Gasteiger partial charge in [0.15, 0.2) is 5.69 Å². The van der Waals surface area contributed by atoms with Crippen LogP contribution in [0.2, 0.25) is 0 Å². The maximum Gasteiger partial charge on any atom is 0.574 e. The molecule has 0 unspecified atom stereocenters. The first-order valence-electron chi connectivity index (χ1n) is 4.92. The van der Waals surface area contributed by atoms with E-state index in [1.165, 1.54) is 6.92 Å². The zero-order valence-corrected chi connectivity index (χ0v) is 9.61. The van der Waals surface area contributed by atoms with Gasteiger partial charge >= 0.3 is 12.3 Å². The average Bonchev–Trinajstić information content (AvgIpc) is 2.26. The molecule has 1 aromatic rings. The third-order valence-electron chi connectivity index (χ3n) is 1.83. The lowest BCUT2D eigenvalue weighted by Crippen LogP contribution is -2.20. The molecule has 0 spiro atoms. The van der Waals surface area contributed by atoms with E-state index in [0.29, 0.717) is 6.07 Å². The molecule has 0 saturated carbocycles. The first-order valence-corrected chi connectivity index (χ1v) is 4.92. The van der Waals surface area contributed by atoms with Crippen LogP contribution in [-0.2, 0) is 4.74 Å². The number of carbonyl (C=O) groups is 1. The van der Waals surface area contributed by atoms with Crippen molar-refractivity contribution in [2.45, 2.75) is 13.3 Å². The lowest BCUT2D eigenvalue weighted by Gasteiger charge is -2.11. The van der Waals surface area contributed by atoms with Gasteiger partial charge < -0.3 is 15.2 Å². The van der Waals surface area contributed by atoms with Crippen molar-refractivity contribution in [1.29, 1.82) is 5.26 Å². The van der Waals surface area contributed by atoms with Gasteiger partial charge in [0.25, 0.3) is 0 Å². The third kappa shape index (κ3) is 3.74. The van der Waals surface area contributed by atoms with E-state index in [4.69, 9.17) is 11.0 Å². The summed E-state index contributed by atoms with van der Waals surface area (Å²) in [5, 5.41) is 8.80. The van der Waals surface area contributed by atoms with Crippen molar-refractivity contribution in [2.24, 2.45) is 0 Å². The van der Waals surface area contributed by atoms with Crippen LogP contribution in [-0.4, -0.2) is 23.9 Å². The van der Waals surface area contributed by atoms with Gasteiger partial charge in [0.05, 0.1) is 12.3 Å². The fourth-order valence-corrected chi connectivity index (χ4v) is 1.18. The first kappa shape index (κ1) is 14.6. The highest BCUT2D eigenvalue weighted by Crippen LogP contribution is 2.26. The number of nitrogens with two attached hydrogens (primary N) is 1. The van der Waals surface area contributed by atoms with E-state index in [2.05, 4.69) is 14.5 Å². The van der Waals surface area contributed by atoms with E-state index in [0.717, 1.165) is 0 Å². The predicted molar refractivity (Wildman–Crippen MR) is 56.0 cm³/mol. The van der Waals surface area contributed by atoms with E-state index in [9.17, 15) is 18.0 Å². The molecule has 0 aliphatic carbocycles. The Kier molecular flexibility index (Phi) is 4.16. The number of hydrogen-bond acceptors (Lipinski definition) is 6. The van der Waals surface area contributed by atoms with E-state index >= 15 is 0 Å². The largest absolute Gasteiger partial charge is 0.574 e. The highest BCUT2D eigenvalue weighted by atomic mass is 19.4. The Morgan fingerprint density at radius 1 is 1.58 bits per heavy atom. The van der Waals surface area contributed by atoms with Crippen molar-refractivity contribution < 1.29 is 27.4 Å². The second-order valence-corrected chi connectivity index (χ2v) is 3.15. The number of ether oxygens (including phenoxy) is 2. The molecule has 2 N–H and O–H groups in total. The average molecular weight is 275 g/mol. The number of nitrogens with zero attached hydrogens (tertiary/aromatic N) is 2. The summed E-state index contributed by atoms with van der Waals surface area (Å²) in [5.74, 6) is -1.99. The summed E-state index contributed by atoms with van der Waals surface area (Å²) in [5.41, 5.74) is 4.02. The van der Waals surface area contributed by atoms with E-state index in [1.807, 2.05) is 0 Å². The minimum absolute atomic E-state index is 0.0321. The molecule has 0 aliphatic rings. The molecule has 0 fully saturated rings. The molecule has 0 saturated heterocycles. The van der Waals surface area contributed by atoms with Gasteiger partial charge in [0.1, 0.15) is 11.6 Å². The second-order valence-electron chi connectivity index (χ2n) is 3.15. The molecule has 0 radical (unpaired) electrons. The number of carbonyl (C=O) groups excluding carboxylic acids is 1. The standard InChI is InChI=1S/C10H8F3N3O3/c1-2-18-9(17)8-5(4-14)6(15)3-7(16-8)19-10(11,12)13/h3H,2H2,1H3,(H2,15,16). The van der Waals surface area contributed by atoms with Gasteiger partial charge in [-0.25, -0.2) is 9.78 Å². The summed E-state index contributed by atoms with van der Waals surface area (Å²) < 4.78 is 44.3. The fourth-order valence-electron chi connectivity index (χ4n) is 1.18. The van der Waals surface area contributed by atoms with Gasteiger partial charge in [-0.1, -0.05) is 0 Å². The molecule has 1 aromatic heterocycles. The summed E-state index contributed by atoms with van der Waals surface area (Å²) in [7, 11) is 0. The van der Waals surface area contributed by atoms with Crippen molar-refractivity contribution in [3.05, 3.63) is 17.3 Å². The van der Waals surface area contributed by atoms with Gasteiger partial charge in [0.2, 0.25) is 5.88 Å². The molecule has 0 bridgehead atoms. The first-order chi connectivity index (χ1) is 8.78. The number of rotatable bonds is 3. The topological polar surface area (TPSA) is 98.2 Å². The SMILES string of the molecule is CCOC(=O)c1nc(OC(F)(F)F)cc(N)c1C#N. The van der Waals surface area contributed by atoms with Crippen LogP contribution in [0.5, 0.6) is 5.88 Å². The molecule has 0 aliphatic heterocycles. The summed E-state index contributed by atoms with van der Waals surface area (Å²) >= 11 is 0. The fraction of sp³-hybridized carbons (Fsp3) is 0.300. The van der Waals surface area contributed by atoms with E-state index in [1.54, 1.807) is 6.07 Å². The molecule has 6 nitrogen and oxygen atoms in total. The Bertz CT molecular complexity index is 537. The maximum atomic E-state index is 12.1. The zero-order valence-electron chi connectivity index (χ0n) is 9.61. The third-order valence-corrected chi connectivity index (χ3v) is 1.83. The molecule has 1 heterocycles. The van der Waals surface area contributed by atoms with E-state index in [-0.39, 0.29) is 17.9 Å². The number of nitriles is 1. The van der Waals surface area contributed by atoms with Crippen LogP contribution in [0.4, 0.5) is 18.9 Å². The molecular weight excluding hydrogens is 267 g/mol. The Hall–Kier alpha value is -2.50. The van der Waals surface area contributed by atoms with Crippen molar-refractivity contribution in [2.75, 3.05) is 12.3 Å². The van der Waals surface area contributed by atoms with Crippen LogP contribution < -0.4 is 10.5 Å². The van der Waals surface area contributed by atoms with Gasteiger partial charge in [-0.05, 0) is 6.92 Å². The normalized spacial score (nSPS) is 10.7. The minimum Gasteiger partial charge on any atom is -0.461 e. The van der Waals surface area contributed by atoms with Crippen LogP contribution in [0.3, 0.4) is 0 Å². The van der Waals surface area contributed by atoms with Crippen LogP contribution in [0, 0.1) is 11.3 Å². The number of pyridine rings is 1.